The van der Waals surface area contributed by atoms with E-state index in [-0.39, 0.29) is 23.5 Å². The molecule has 5 heteroatoms. The molecule has 148 valence electrons. The number of carbonyl (C=O) groups is 2. The molecule has 2 N–H and O–H groups in total. The van der Waals surface area contributed by atoms with Crippen LogP contribution in [0.2, 0.25) is 0 Å². The van der Waals surface area contributed by atoms with Gasteiger partial charge in [0.1, 0.15) is 0 Å². The van der Waals surface area contributed by atoms with Gasteiger partial charge in [-0.25, -0.2) is 0 Å². The maximum absolute atomic E-state index is 12.4. The van der Waals surface area contributed by atoms with Gasteiger partial charge in [0.2, 0.25) is 11.8 Å². The molecule has 5 nitrogen and oxygen atoms in total. The van der Waals surface area contributed by atoms with Gasteiger partial charge in [0.05, 0.1) is 5.60 Å². The summed E-state index contributed by atoms with van der Waals surface area (Å²) in [6.45, 7) is 17.4. The minimum absolute atomic E-state index is 0.0158. The van der Waals surface area contributed by atoms with Crippen LogP contribution in [0.15, 0.2) is 0 Å². The lowest BCUT2D eigenvalue weighted by Gasteiger charge is -2.30. The average Bonchev–Trinajstić information content (AvgIpc) is 2.40. The van der Waals surface area contributed by atoms with Gasteiger partial charge in [-0.2, -0.15) is 0 Å². The third-order valence-electron chi connectivity index (χ3n) is 4.05. The minimum Gasteiger partial charge on any atom is -0.376 e. The van der Waals surface area contributed by atoms with E-state index in [2.05, 4.69) is 38.3 Å². The lowest BCUT2D eigenvalue weighted by molar-refractivity contribution is -0.131. The van der Waals surface area contributed by atoms with Crippen LogP contribution < -0.4 is 10.6 Å². The predicted molar refractivity (Wildman–Crippen MR) is 103 cm³/mol. The van der Waals surface area contributed by atoms with Crippen LogP contribution in [0, 0.1) is 11.3 Å². The number of hydrogen-bond donors (Lipinski definition) is 2. The van der Waals surface area contributed by atoms with E-state index in [0.29, 0.717) is 38.3 Å². The normalized spacial score (nSPS) is 12.6. The fourth-order valence-corrected chi connectivity index (χ4v) is 2.82. The molecule has 0 aliphatic rings. The topological polar surface area (TPSA) is 67.4 Å². The second-order valence-corrected chi connectivity index (χ2v) is 8.92. The summed E-state index contributed by atoms with van der Waals surface area (Å²) in [5.74, 6) is 0.630. The Morgan fingerprint density at radius 3 is 2.16 bits per heavy atom. The summed E-state index contributed by atoms with van der Waals surface area (Å²) in [4.78, 5) is 23.9. The molecule has 0 atom stereocenters. The van der Waals surface area contributed by atoms with Crippen LogP contribution in [-0.2, 0) is 14.3 Å². The van der Waals surface area contributed by atoms with Crippen LogP contribution in [-0.4, -0.2) is 36.6 Å². The molecule has 0 saturated heterocycles. The summed E-state index contributed by atoms with van der Waals surface area (Å²) >= 11 is 0. The SMILES string of the molecule is CC(C)CC(C)(C)OCCC(C)(C)C(=O)NCCCC(=O)NC(C)C. The summed E-state index contributed by atoms with van der Waals surface area (Å²) in [5, 5.41) is 5.79. The monoisotopic (exact) mass is 356 g/mol. The van der Waals surface area contributed by atoms with Gasteiger partial charge in [-0.1, -0.05) is 27.7 Å². The van der Waals surface area contributed by atoms with Gasteiger partial charge >= 0.3 is 0 Å². The Kier molecular flexibility index (Phi) is 10.3. The molecule has 0 unspecified atom stereocenters. The largest absolute Gasteiger partial charge is 0.376 e. The fourth-order valence-electron chi connectivity index (χ4n) is 2.82. The van der Waals surface area contributed by atoms with Crippen molar-refractivity contribution in [1.29, 1.82) is 0 Å². The van der Waals surface area contributed by atoms with E-state index in [4.69, 9.17) is 4.74 Å². The van der Waals surface area contributed by atoms with Gasteiger partial charge in [-0.3, -0.25) is 9.59 Å². The zero-order chi connectivity index (χ0) is 19.7. The minimum atomic E-state index is -0.478. The van der Waals surface area contributed by atoms with Crippen LogP contribution in [0.3, 0.4) is 0 Å². The van der Waals surface area contributed by atoms with Crippen molar-refractivity contribution in [3.63, 3.8) is 0 Å². The Morgan fingerprint density at radius 2 is 1.64 bits per heavy atom. The lowest BCUT2D eigenvalue weighted by Crippen LogP contribution is -2.39. The molecule has 0 aromatic heterocycles. The standard InChI is InChI=1S/C20H40N2O3/c1-15(2)14-20(7,8)25-13-11-19(5,6)18(24)21-12-9-10-17(23)22-16(3)4/h15-16H,9-14H2,1-8H3,(H,21,24)(H,22,23). The summed E-state index contributed by atoms with van der Waals surface area (Å²) in [6, 6.07) is 0.154. The highest BCUT2D eigenvalue weighted by atomic mass is 16.5. The molecule has 0 aliphatic carbocycles. The number of hydrogen-bond acceptors (Lipinski definition) is 3. The van der Waals surface area contributed by atoms with E-state index in [0.717, 1.165) is 6.42 Å². The molecule has 0 heterocycles. The molecule has 0 aromatic carbocycles. The van der Waals surface area contributed by atoms with Gasteiger partial charge in [0, 0.05) is 31.0 Å². The second-order valence-electron chi connectivity index (χ2n) is 8.92. The molecule has 0 spiro atoms. The van der Waals surface area contributed by atoms with Crippen LogP contribution >= 0.6 is 0 Å². The number of rotatable bonds is 12. The molecular formula is C20H40N2O3. The number of carbonyl (C=O) groups excluding carboxylic acids is 2. The maximum atomic E-state index is 12.4. The highest BCUT2D eigenvalue weighted by molar-refractivity contribution is 5.81. The number of nitrogens with one attached hydrogen (secondary N) is 2. The van der Waals surface area contributed by atoms with E-state index < -0.39 is 5.41 Å². The zero-order valence-corrected chi connectivity index (χ0v) is 17.6. The van der Waals surface area contributed by atoms with Gasteiger partial charge in [0.15, 0.2) is 0 Å². The summed E-state index contributed by atoms with van der Waals surface area (Å²) < 4.78 is 5.99. The van der Waals surface area contributed by atoms with Gasteiger partial charge < -0.3 is 15.4 Å². The first-order chi connectivity index (χ1) is 11.4. The van der Waals surface area contributed by atoms with Crippen molar-refractivity contribution >= 4 is 11.8 Å². The molecule has 0 radical (unpaired) electrons. The van der Waals surface area contributed by atoms with Crippen molar-refractivity contribution in [3.05, 3.63) is 0 Å². The highest BCUT2D eigenvalue weighted by Crippen LogP contribution is 2.25. The maximum Gasteiger partial charge on any atom is 0.225 e. The van der Waals surface area contributed by atoms with Gasteiger partial charge in [-0.15, -0.1) is 0 Å². The van der Waals surface area contributed by atoms with Crippen molar-refractivity contribution in [3.8, 4) is 0 Å². The zero-order valence-electron chi connectivity index (χ0n) is 17.6. The lowest BCUT2D eigenvalue weighted by atomic mass is 9.88. The Bertz CT molecular complexity index is 415. The third-order valence-corrected chi connectivity index (χ3v) is 4.05. The summed E-state index contributed by atoms with van der Waals surface area (Å²) in [6.07, 6.45) is 2.76. The Morgan fingerprint density at radius 1 is 1.04 bits per heavy atom. The molecule has 0 saturated carbocycles. The molecule has 25 heavy (non-hydrogen) atoms. The van der Waals surface area contributed by atoms with Crippen molar-refractivity contribution in [1.82, 2.24) is 10.6 Å². The number of amides is 2. The Hall–Kier alpha value is -1.10. The highest BCUT2D eigenvalue weighted by Gasteiger charge is 2.28. The van der Waals surface area contributed by atoms with Crippen LogP contribution in [0.25, 0.3) is 0 Å². The van der Waals surface area contributed by atoms with Crippen molar-refractivity contribution in [2.24, 2.45) is 11.3 Å². The van der Waals surface area contributed by atoms with E-state index in [9.17, 15) is 9.59 Å². The second kappa shape index (κ2) is 10.8. The molecular weight excluding hydrogens is 316 g/mol. The average molecular weight is 357 g/mol. The van der Waals surface area contributed by atoms with Gasteiger partial charge in [0.25, 0.3) is 0 Å². The van der Waals surface area contributed by atoms with Gasteiger partial charge in [-0.05, 0) is 52.9 Å². The van der Waals surface area contributed by atoms with Crippen LogP contribution in [0.4, 0.5) is 0 Å². The van der Waals surface area contributed by atoms with Crippen molar-refractivity contribution in [2.75, 3.05) is 13.2 Å². The van der Waals surface area contributed by atoms with Crippen molar-refractivity contribution < 1.29 is 14.3 Å². The molecule has 0 fully saturated rings. The predicted octanol–water partition coefficient (Wildman–Crippen LogP) is 3.67. The summed E-state index contributed by atoms with van der Waals surface area (Å²) in [7, 11) is 0. The van der Waals surface area contributed by atoms with E-state index in [1.54, 1.807) is 0 Å². The first-order valence-electron chi connectivity index (χ1n) is 9.57. The quantitative estimate of drug-likeness (QED) is 0.524. The van der Waals surface area contributed by atoms with Crippen molar-refractivity contribution in [2.45, 2.75) is 92.7 Å². The van der Waals surface area contributed by atoms with E-state index >= 15 is 0 Å². The number of ether oxygens (including phenoxy) is 1. The molecule has 2 amide bonds. The molecule has 0 aromatic rings. The first-order valence-corrected chi connectivity index (χ1v) is 9.57. The third kappa shape index (κ3) is 12.0. The van der Waals surface area contributed by atoms with E-state index in [1.165, 1.54) is 0 Å². The fraction of sp³-hybridized carbons (Fsp3) is 0.900. The smallest absolute Gasteiger partial charge is 0.225 e. The molecule has 0 rings (SSSR count). The van der Waals surface area contributed by atoms with E-state index in [1.807, 2.05) is 27.7 Å². The summed E-state index contributed by atoms with van der Waals surface area (Å²) in [5.41, 5.74) is -0.640. The molecule has 0 aliphatic heterocycles. The van der Waals surface area contributed by atoms with Crippen LogP contribution in [0.1, 0.15) is 81.1 Å². The first kappa shape index (κ1) is 23.9. The Balaban J connectivity index is 4.10. The van der Waals surface area contributed by atoms with Crippen LogP contribution in [0.5, 0.6) is 0 Å². The molecule has 0 bridgehead atoms. The Labute approximate surface area is 154 Å².